The number of nitrogens with zero attached hydrogens (tertiary/aromatic N) is 4. The fraction of sp³-hybridized carbons (Fsp3) is 0.409. The zero-order chi connectivity index (χ0) is 22.5. The maximum atomic E-state index is 12.6. The number of anilines is 1. The lowest BCUT2D eigenvalue weighted by Crippen LogP contribution is -2.51. The molecule has 1 saturated heterocycles. The van der Waals surface area contributed by atoms with Crippen LogP contribution in [0.4, 0.5) is 10.5 Å². The zero-order valence-electron chi connectivity index (χ0n) is 18.3. The number of benzene rings is 1. The quantitative estimate of drug-likeness (QED) is 0.334. The van der Waals surface area contributed by atoms with Gasteiger partial charge in [0, 0.05) is 45.1 Å². The Morgan fingerprint density at radius 2 is 1.70 bits per heavy atom. The van der Waals surface area contributed by atoms with Crippen molar-refractivity contribution in [3.63, 3.8) is 0 Å². The van der Waals surface area contributed by atoms with Crippen LogP contribution in [-0.4, -0.2) is 66.4 Å². The summed E-state index contributed by atoms with van der Waals surface area (Å²) in [5.74, 6) is -0.128. The molecule has 164 valence electrons. The average Bonchev–Trinajstić information content (AvgIpc) is 2.79. The maximum absolute atomic E-state index is 12.6. The third-order valence-electron chi connectivity index (χ3n) is 4.37. The van der Waals surface area contributed by atoms with Crippen molar-refractivity contribution in [1.82, 2.24) is 15.3 Å². The summed E-state index contributed by atoms with van der Waals surface area (Å²) < 4.78 is 0. The van der Waals surface area contributed by atoms with Crippen molar-refractivity contribution in [3.8, 4) is 0 Å². The molecule has 8 nitrogen and oxygen atoms in total. The van der Waals surface area contributed by atoms with E-state index < -0.39 is 5.91 Å². The van der Waals surface area contributed by atoms with Crippen LogP contribution in [0.5, 0.6) is 0 Å². The maximum Gasteiger partial charge on any atom is 0.324 e. The number of allylic oxidation sites excluding steroid dienone is 1. The Hall–Kier alpha value is -3.13. The number of para-hydroxylation sites is 1. The molecule has 0 aromatic heterocycles. The van der Waals surface area contributed by atoms with E-state index in [9.17, 15) is 9.59 Å². The summed E-state index contributed by atoms with van der Waals surface area (Å²) >= 11 is 0. The zero-order valence-corrected chi connectivity index (χ0v) is 18.3. The predicted molar refractivity (Wildman–Crippen MR) is 121 cm³/mol. The molecule has 0 bridgehead atoms. The SMILES string of the molecule is C=C(/N=C\C(=C/C)C(=O)NO)N1CCN(C(=O)N(C)c2ccccc2)CC1.CCC. The van der Waals surface area contributed by atoms with Gasteiger partial charge < -0.3 is 9.80 Å². The highest BCUT2D eigenvalue weighted by atomic mass is 16.5. The molecule has 1 heterocycles. The second-order valence-electron chi connectivity index (χ2n) is 6.72. The predicted octanol–water partition coefficient (Wildman–Crippen LogP) is 3.27. The summed E-state index contributed by atoms with van der Waals surface area (Å²) in [4.78, 5) is 33.6. The summed E-state index contributed by atoms with van der Waals surface area (Å²) in [6, 6.07) is 9.45. The molecule has 0 spiro atoms. The van der Waals surface area contributed by atoms with Crippen LogP contribution in [-0.2, 0) is 4.79 Å². The van der Waals surface area contributed by atoms with E-state index in [0.29, 0.717) is 32.0 Å². The van der Waals surface area contributed by atoms with E-state index in [4.69, 9.17) is 5.21 Å². The van der Waals surface area contributed by atoms with Crippen LogP contribution in [0.25, 0.3) is 0 Å². The minimum Gasteiger partial charge on any atom is -0.354 e. The first kappa shape index (κ1) is 24.9. The van der Waals surface area contributed by atoms with Crippen LogP contribution < -0.4 is 10.4 Å². The van der Waals surface area contributed by atoms with Gasteiger partial charge in [-0.05, 0) is 19.1 Å². The van der Waals surface area contributed by atoms with Gasteiger partial charge in [-0.15, -0.1) is 0 Å². The van der Waals surface area contributed by atoms with Gasteiger partial charge in [-0.2, -0.15) is 0 Å². The molecule has 1 aliphatic heterocycles. The third-order valence-corrected chi connectivity index (χ3v) is 4.37. The van der Waals surface area contributed by atoms with Crippen molar-refractivity contribution in [1.29, 1.82) is 0 Å². The van der Waals surface area contributed by atoms with Crippen LogP contribution in [0.15, 0.2) is 59.4 Å². The summed E-state index contributed by atoms with van der Waals surface area (Å²) in [6.45, 7) is 12.1. The number of hydrogen-bond acceptors (Lipinski definition) is 5. The Kier molecular flexibility index (Phi) is 10.9. The molecule has 2 rings (SSSR count). The lowest BCUT2D eigenvalue weighted by atomic mass is 10.2. The van der Waals surface area contributed by atoms with Crippen LogP contribution in [0, 0.1) is 0 Å². The molecular formula is C22H33N5O3. The number of nitrogens with one attached hydrogen (secondary N) is 1. The van der Waals surface area contributed by atoms with Gasteiger partial charge in [-0.3, -0.25) is 14.9 Å². The second kappa shape index (κ2) is 13.2. The molecule has 30 heavy (non-hydrogen) atoms. The molecule has 1 aromatic carbocycles. The Labute approximate surface area is 179 Å². The first-order valence-electron chi connectivity index (χ1n) is 10.1. The highest BCUT2D eigenvalue weighted by Gasteiger charge is 2.24. The largest absolute Gasteiger partial charge is 0.354 e. The fourth-order valence-electron chi connectivity index (χ4n) is 2.68. The minimum atomic E-state index is -0.631. The molecule has 0 radical (unpaired) electrons. The van der Waals surface area contributed by atoms with E-state index in [1.807, 2.05) is 35.2 Å². The lowest BCUT2D eigenvalue weighted by Gasteiger charge is -2.37. The highest BCUT2D eigenvalue weighted by molar-refractivity contribution is 6.11. The minimum absolute atomic E-state index is 0.0502. The molecule has 1 aliphatic rings. The number of aliphatic imine (C=N–C) groups is 1. The number of hydroxylamine groups is 1. The topological polar surface area (TPSA) is 88.5 Å². The fourth-order valence-corrected chi connectivity index (χ4v) is 2.68. The van der Waals surface area contributed by atoms with Crippen LogP contribution in [0.2, 0.25) is 0 Å². The van der Waals surface area contributed by atoms with E-state index in [1.54, 1.807) is 35.3 Å². The molecule has 0 saturated carbocycles. The van der Waals surface area contributed by atoms with Gasteiger partial charge >= 0.3 is 6.03 Å². The molecule has 3 amide bonds. The summed E-state index contributed by atoms with van der Waals surface area (Å²) in [5, 5.41) is 8.68. The van der Waals surface area contributed by atoms with Gasteiger partial charge in [0.1, 0.15) is 5.82 Å². The van der Waals surface area contributed by atoms with Crippen LogP contribution >= 0.6 is 0 Å². The summed E-state index contributed by atoms with van der Waals surface area (Å²) in [6.07, 6.45) is 4.15. The number of hydrogen-bond donors (Lipinski definition) is 2. The molecule has 2 N–H and O–H groups in total. The van der Waals surface area contributed by atoms with Gasteiger partial charge in [0.05, 0.1) is 5.57 Å². The van der Waals surface area contributed by atoms with Crippen LogP contribution in [0.1, 0.15) is 27.2 Å². The Balaban J connectivity index is 0.00000141. The van der Waals surface area contributed by atoms with Crippen molar-refractivity contribution < 1.29 is 14.8 Å². The molecule has 0 unspecified atom stereocenters. The highest BCUT2D eigenvalue weighted by Crippen LogP contribution is 2.16. The second-order valence-corrected chi connectivity index (χ2v) is 6.72. The normalized spacial score (nSPS) is 14.1. The number of urea groups is 1. The van der Waals surface area contributed by atoms with E-state index in [-0.39, 0.29) is 11.6 Å². The van der Waals surface area contributed by atoms with E-state index in [1.165, 1.54) is 12.6 Å². The molecular weight excluding hydrogens is 382 g/mol. The monoisotopic (exact) mass is 415 g/mol. The smallest absolute Gasteiger partial charge is 0.324 e. The van der Waals surface area contributed by atoms with Gasteiger partial charge in [0.15, 0.2) is 0 Å². The Morgan fingerprint density at radius 3 is 2.20 bits per heavy atom. The van der Waals surface area contributed by atoms with Gasteiger partial charge in [-0.25, -0.2) is 15.3 Å². The third kappa shape index (κ3) is 7.36. The molecule has 1 aromatic rings. The first-order chi connectivity index (χ1) is 14.4. The number of amides is 3. The number of carbonyl (C=O) groups excluding carboxylic acids is 2. The molecule has 8 heteroatoms. The number of carbonyl (C=O) groups is 2. The van der Waals surface area contributed by atoms with Gasteiger partial charge in [-0.1, -0.05) is 51.1 Å². The number of piperazine rings is 1. The van der Waals surface area contributed by atoms with Crippen molar-refractivity contribution in [2.45, 2.75) is 27.2 Å². The average molecular weight is 416 g/mol. The van der Waals surface area contributed by atoms with E-state index in [2.05, 4.69) is 25.4 Å². The van der Waals surface area contributed by atoms with E-state index >= 15 is 0 Å². The summed E-state index contributed by atoms with van der Waals surface area (Å²) in [7, 11) is 1.76. The van der Waals surface area contributed by atoms with Gasteiger partial charge in [0.25, 0.3) is 5.91 Å². The van der Waals surface area contributed by atoms with Crippen LogP contribution in [0.3, 0.4) is 0 Å². The number of rotatable bonds is 5. The lowest BCUT2D eigenvalue weighted by molar-refractivity contribution is -0.124. The van der Waals surface area contributed by atoms with Crippen molar-refractivity contribution in [2.75, 3.05) is 38.1 Å². The van der Waals surface area contributed by atoms with Crippen molar-refractivity contribution in [3.05, 3.63) is 54.4 Å². The van der Waals surface area contributed by atoms with Crippen molar-refractivity contribution >= 4 is 23.8 Å². The Morgan fingerprint density at radius 1 is 1.17 bits per heavy atom. The van der Waals surface area contributed by atoms with Crippen molar-refractivity contribution in [2.24, 2.45) is 4.99 Å². The summed E-state index contributed by atoms with van der Waals surface area (Å²) in [5.41, 5.74) is 2.65. The Bertz CT molecular complexity index is 753. The van der Waals surface area contributed by atoms with Gasteiger partial charge in [0.2, 0.25) is 0 Å². The van der Waals surface area contributed by atoms with E-state index in [0.717, 1.165) is 5.69 Å². The first-order valence-corrected chi connectivity index (χ1v) is 10.1. The molecule has 0 aliphatic carbocycles. The molecule has 1 fully saturated rings. The molecule has 0 atom stereocenters. The standard InChI is InChI=1S/C19H25N5O3.C3H8/c1-4-16(18(25)21-27)14-20-15(2)23-10-12-24(13-11-23)19(26)22(3)17-8-6-5-7-9-17;1-3-2/h4-9,14,27H,2,10-13H2,1,3H3,(H,21,25);3H2,1-2H3/b16-4+,20-14-;.